The maximum absolute atomic E-state index is 11.9. The normalized spacial score (nSPS) is 24.2. The van der Waals surface area contributed by atoms with Gasteiger partial charge in [0.15, 0.2) is 0 Å². The van der Waals surface area contributed by atoms with E-state index >= 15 is 0 Å². The summed E-state index contributed by atoms with van der Waals surface area (Å²) in [4.78, 5) is 11.9. The number of hydrogen-bond acceptors (Lipinski definition) is 5. The predicted octanol–water partition coefficient (Wildman–Crippen LogP) is 3.85. The number of fused-ring (bicyclic) bond motifs is 1. The quantitative estimate of drug-likeness (QED) is 0.510. The number of aliphatic hydroxyl groups is 1. The van der Waals surface area contributed by atoms with Crippen LogP contribution in [0, 0.1) is 0 Å². The number of carbonyl (C=O) groups is 1. The lowest BCUT2D eigenvalue weighted by atomic mass is 9.72. The second-order valence-corrected chi connectivity index (χ2v) is 10.6. The maximum atomic E-state index is 11.9. The van der Waals surface area contributed by atoms with E-state index in [1.165, 1.54) is 24.5 Å². The number of aliphatic hydroxyl groups excluding tert-OH is 1. The van der Waals surface area contributed by atoms with Gasteiger partial charge >= 0.3 is 0 Å². The fourth-order valence-electron chi connectivity index (χ4n) is 5.79. The van der Waals surface area contributed by atoms with Gasteiger partial charge in [0.2, 0.25) is 5.91 Å². The van der Waals surface area contributed by atoms with Crippen LogP contribution in [-0.4, -0.2) is 48.0 Å². The zero-order chi connectivity index (χ0) is 24.3. The van der Waals surface area contributed by atoms with Crippen LogP contribution in [0.4, 0.5) is 0 Å². The number of benzene rings is 2. The van der Waals surface area contributed by atoms with Crippen molar-refractivity contribution in [3.8, 4) is 5.75 Å². The molecule has 6 heteroatoms. The van der Waals surface area contributed by atoms with Crippen molar-refractivity contribution >= 4 is 5.91 Å². The van der Waals surface area contributed by atoms with Gasteiger partial charge in [-0.15, -0.1) is 0 Å². The molecule has 2 aromatic carbocycles. The highest BCUT2D eigenvalue weighted by atomic mass is 16.5. The topological polar surface area (TPSA) is 79.8 Å². The summed E-state index contributed by atoms with van der Waals surface area (Å²) in [5.74, 6) is 0.829. The van der Waals surface area contributed by atoms with Gasteiger partial charge < -0.3 is 25.2 Å². The van der Waals surface area contributed by atoms with Gasteiger partial charge in [0.05, 0.1) is 18.2 Å². The van der Waals surface area contributed by atoms with Crippen molar-refractivity contribution in [3.05, 3.63) is 65.2 Å². The van der Waals surface area contributed by atoms with E-state index in [1.807, 2.05) is 30.3 Å². The minimum atomic E-state index is -0.710. The first kappa shape index (κ1) is 24.3. The molecule has 2 heterocycles. The SMILES string of the molecule is CC(=O)N[C@@H](Cc1ccccc1)[C@H](O)CN[C@H]1CC2(CCC2)Oc2ccc(C[C@H]3CCCO3)cc21. The summed E-state index contributed by atoms with van der Waals surface area (Å²) in [5, 5.41) is 17.7. The van der Waals surface area contributed by atoms with Crippen molar-refractivity contribution in [3.63, 3.8) is 0 Å². The molecule has 0 radical (unpaired) electrons. The van der Waals surface area contributed by atoms with Gasteiger partial charge in [0.1, 0.15) is 11.4 Å². The van der Waals surface area contributed by atoms with Crippen LogP contribution in [0.5, 0.6) is 5.75 Å². The van der Waals surface area contributed by atoms with Crippen LogP contribution in [0.3, 0.4) is 0 Å². The molecular formula is C29H38N2O4. The molecule has 6 nitrogen and oxygen atoms in total. The Balaban J connectivity index is 1.30. The van der Waals surface area contributed by atoms with Gasteiger partial charge in [-0.2, -0.15) is 0 Å². The van der Waals surface area contributed by atoms with Crippen molar-refractivity contribution in [2.45, 2.75) is 88.2 Å². The first-order valence-corrected chi connectivity index (χ1v) is 13.2. The third-order valence-electron chi connectivity index (χ3n) is 7.83. The number of hydrogen-bond donors (Lipinski definition) is 3. The summed E-state index contributed by atoms with van der Waals surface area (Å²) in [6, 6.07) is 16.3. The average molecular weight is 479 g/mol. The predicted molar refractivity (Wildman–Crippen MR) is 135 cm³/mol. The zero-order valence-corrected chi connectivity index (χ0v) is 20.7. The fourth-order valence-corrected chi connectivity index (χ4v) is 5.79. The van der Waals surface area contributed by atoms with Crippen LogP contribution in [0.2, 0.25) is 0 Å². The molecule has 1 amide bonds. The molecular weight excluding hydrogens is 440 g/mol. The molecule has 3 N–H and O–H groups in total. The van der Waals surface area contributed by atoms with Gasteiger partial charge in [0, 0.05) is 38.1 Å². The smallest absolute Gasteiger partial charge is 0.217 e. The molecule has 188 valence electrons. The molecule has 2 aromatic rings. The molecule has 2 fully saturated rings. The van der Waals surface area contributed by atoms with Gasteiger partial charge in [-0.25, -0.2) is 0 Å². The van der Waals surface area contributed by atoms with E-state index in [2.05, 4.69) is 28.8 Å². The lowest BCUT2D eigenvalue weighted by molar-refractivity contribution is -0.120. The molecule has 0 unspecified atom stereocenters. The minimum Gasteiger partial charge on any atom is -0.487 e. The summed E-state index contributed by atoms with van der Waals surface area (Å²) in [6.45, 7) is 2.76. The molecule has 0 aromatic heterocycles. The number of nitrogens with one attached hydrogen (secondary N) is 2. The van der Waals surface area contributed by atoms with Gasteiger partial charge in [-0.05, 0) is 62.1 Å². The average Bonchev–Trinajstić information content (AvgIpc) is 3.34. The third kappa shape index (κ3) is 5.88. The number of ether oxygens (including phenoxy) is 2. The Morgan fingerprint density at radius 2 is 1.97 bits per heavy atom. The Kier molecular flexibility index (Phi) is 7.42. The molecule has 1 aliphatic carbocycles. The van der Waals surface area contributed by atoms with Crippen LogP contribution >= 0.6 is 0 Å². The molecule has 1 saturated heterocycles. The fraction of sp³-hybridized carbons (Fsp3) is 0.552. The largest absolute Gasteiger partial charge is 0.487 e. The van der Waals surface area contributed by atoms with E-state index in [0.29, 0.717) is 19.1 Å². The lowest BCUT2D eigenvalue weighted by Crippen LogP contribution is -2.52. The molecule has 0 bridgehead atoms. The highest BCUT2D eigenvalue weighted by molar-refractivity contribution is 5.73. The van der Waals surface area contributed by atoms with Crippen LogP contribution in [0.1, 0.15) is 68.2 Å². The van der Waals surface area contributed by atoms with E-state index in [1.54, 1.807) is 0 Å². The molecule has 4 atom stereocenters. The first-order chi connectivity index (χ1) is 17.0. The summed E-state index contributed by atoms with van der Waals surface area (Å²) in [5.41, 5.74) is 3.45. The van der Waals surface area contributed by atoms with Gasteiger partial charge in [-0.3, -0.25) is 4.79 Å². The summed E-state index contributed by atoms with van der Waals surface area (Å²) in [6.07, 6.45) is 7.62. The third-order valence-corrected chi connectivity index (χ3v) is 7.83. The second-order valence-electron chi connectivity index (χ2n) is 10.6. The van der Waals surface area contributed by atoms with E-state index in [4.69, 9.17) is 9.47 Å². The van der Waals surface area contributed by atoms with Crippen molar-refractivity contribution in [2.75, 3.05) is 13.2 Å². The van der Waals surface area contributed by atoms with E-state index in [-0.39, 0.29) is 23.6 Å². The zero-order valence-electron chi connectivity index (χ0n) is 20.7. The standard InChI is InChI=1S/C29H38N2O4/c1-20(32)31-25(17-21-7-3-2-4-8-21)27(33)19-30-26-18-29(12-6-13-29)35-28-11-10-22(16-24(26)28)15-23-9-5-14-34-23/h2-4,7-8,10-11,16,23,25-27,30,33H,5-6,9,12-15,17-19H2,1H3,(H,31,32)/t23-,25+,26+,27-/m1/s1. The number of amides is 1. The number of carbonyl (C=O) groups excluding carboxylic acids is 1. The van der Waals surface area contributed by atoms with Crippen molar-refractivity contribution < 1.29 is 19.4 Å². The minimum absolute atomic E-state index is 0.0905. The van der Waals surface area contributed by atoms with Gasteiger partial charge in [-0.1, -0.05) is 42.5 Å². The molecule has 35 heavy (non-hydrogen) atoms. The van der Waals surface area contributed by atoms with Crippen LogP contribution in [0.25, 0.3) is 0 Å². The van der Waals surface area contributed by atoms with Crippen LogP contribution in [-0.2, 0) is 22.4 Å². The Labute approximate surface area is 208 Å². The molecule has 3 aliphatic rings. The highest BCUT2D eigenvalue weighted by Gasteiger charge is 2.45. The van der Waals surface area contributed by atoms with Gasteiger partial charge in [0.25, 0.3) is 0 Å². The van der Waals surface area contributed by atoms with Crippen molar-refractivity contribution in [2.24, 2.45) is 0 Å². The van der Waals surface area contributed by atoms with E-state index in [9.17, 15) is 9.90 Å². The Hall–Kier alpha value is -2.41. The van der Waals surface area contributed by atoms with Crippen LogP contribution in [0.15, 0.2) is 48.5 Å². The van der Waals surface area contributed by atoms with Crippen molar-refractivity contribution in [1.82, 2.24) is 10.6 Å². The van der Waals surface area contributed by atoms with E-state index in [0.717, 1.165) is 56.4 Å². The first-order valence-electron chi connectivity index (χ1n) is 13.2. The monoisotopic (exact) mass is 478 g/mol. The summed E-state index contributed by atoms with van der Waals surface area (Å²) >= 11 is 0. The lowest BCUT2D eigenvalue weighted by Gasteiger charge is -2.48. The Morgan fingerprint density at radius 3 is 2.66 bits per heavy atom. The Morgan fingerprint density at radius 1 is 1.14 bits per heavy atom. The Bertz CT molecular complexity index is 1000. The second kappa shape index (κ2) is 10.7. The maximum Gasteiger partial charge on any atom is 0.217 e. The summed E-state index contributed by atoms with van der Waals surface area (Å²) < 4.78 is 12.4. The highest BCUT2D eigenvalue weighted by Crippen LogP contribution is 2.49. The molecule has 5 rings (SSSR count). The molecule has 1 spiro atoms. The summed E-state index contributed by atoms with van der Waals surface area (Å²) in [7, 11) is 0. The molecule has 2 aliphatic heterocycles. The van der Waals surface area contributed by atoms with Crippen LogP contribution < -0.4 is 15.4 Å². The van der Waals surface area contributed by atoms with E-state index < -0.39 is 6.10 Å². The molecule has 1 saturated carbocycles. The number of rotatable bonds is 9. The van der Waals surface area contributed by atoms with Crippen molar-refractivity contribution in [1.29, 1.82) is 0 Å².